The quantitative estimate of drug-likeness (QED) is 0.863. The molecule has 1 aromatic carbocycles. The highest BCUT2D eigenvalue weighted by Gasteiger charge is 2.23. The molecule has 0 fully saturated rings. The van der Waals surface area contributed by atoms with Crippen LogP contribution in [0.15, 0.2) is 23.1 Å². The van der Waals surface area contributed by atoms with Gasteiger partial charge in [-0.2, -0.15) is 0 Å². The highest BCUT2D eigenvalue weighted by Crippen LogP contribution is 2.17. The van der Waals surface area contributed by atoms with Gasteiger partial charge in [-0.15, -0.1) is 0 Å². The summed E-state index contributed by atoms with van der Waals surface area (Å²) in [6.45, 7) is 1.17. The molecule has 1 aromatic rings. The number of hydrogen-bond acceptors (Lipinski definition) is 2. The Bertz CT molecular complexity index is 420. The van der Waals surface area contributed by atoms with Gasteiger partial charge in [-0.3, -0.25) is 9.00 Å². The van der Waals surface area contributed by atoms with Crippen LogP contribution in [0.25, 0.3) is 0 Å². The minimum atomic E-state index is -2.09. The van der Waals surface area contributed by atoms with Crippen molar-refractivity contribution < 1.29 is 22.9 Å². The van der Waals surface area contributed by atoms with Crippen LogP contribution < -0.4 is 0 Å². The van der Waals surface area contributed by atoms with E-state index in [-0.39, 0.29) is 0 Å². The van der Waals surface area contributed by atoms with Gasteiger partial charge >= 0.3 is 5.97 Å². The Morgan fingerprint density at radius 1 is 1.47 bits per heavy atom. The first-order valence-corrected chi connectivity index (χ1v) is 5.23. The van der Waals surface area contributed by atoms with E-state index in [1.165, 1.54) is 6.92 Å². The molecule has 0 saturated carbocycles. The maximum absolute atomic E-state index is 13.1. The van der Waals surface area contributed by atoms with Gasteiger partial charge in [0.05, 0.1) is 15.7 Å². The molecular formula is C9H8F2O3S. The van der Waals surface area contributed by atoms with E-state index in [1.54, 1.807) is 0 Å². The van der Waals surface area contributed by atoms with Crippen molar-refractivity contribution in [3.05, 3.63) is 29.8 Å². The van der Waals surface area contributed by atoms with Crippen molar-refractivity contribution in [3.8, 4) is 0 Å². The van der Waals surface area contributed by atoms with E-state index in [0.717, 1.165) is 18.2 Å². The van der Waals surface area contributed by atoms with Crippen molar-refractivity contribution >= 4 is 16.8 Å². The molecule has 0 saturated heterocycles. The molecule has 6 heteroatoms. The summed E-state index contributed by atoms with van der Waals surface area (Å²) >= 11 is 0. The van der Waals surface area contributed by atoms with Crippen molar-refractivity contribution in [1.29, 1.82) is 0 Å². The molecule has 0 spiro atoms. The topological polar surface area (TPSA) is 54.4 Å². The van der Waals surface area contributed by atoms with Crippen molar-refractivity contribution in [2.45, 2.75) is 17.1 Å². The van der Waals surface area contributed by atoms with Gasteiger partial charge in [0.2, 0.25) is 0 Å². The van der Waals surface area contributed by atoms with Gasteiger partial charge in [-0.05, 0) is 25.1 Å². The molecule has 1 N–H and O–H groups in total. The van der Waals surface area contributed by atoms with Gasteiger partial charge in [-0.1, -0.05) is 0 Å². The van der Waals surface area contributed by atoms with Crippen molar-refractivity contribution in [1.82, 2.24) is 0 Å². The van der Waals surface area contributed by atoms with Crippen molar-refractivity contribution in [3.63, 3.8) is 0 Å². The number of benzene rings is 1. The van der Waals surface area contributed by atoms with E-state index in [4.69, 9.17) is 5.11 Å². The Labute approximate surface area is 87.2 Å². The first kappa shape index (κ1) is 11.8. The van der Waals surface area contributed by atoms with Crippen LogP contribution in [0.3, 0.4) is 0 Å². The molecule has 3 nitrogen and oxygen atoms in total. The zero-order valence-corrected chi connectivity index (χ0v) is 8.55. The monoisotopic (exact) mass is 234 g/mol. The maximum Gasteiger partial charge on any atom is 0.319 e. The third-order valence-corrected chi connectivity index (χ3v) is 3.37. The molecule has 0 heterocycles. The molecule has 0 aliphatic rings. The van der Waals surface area contributed by atoms with Gasteiger partial charge in [0.25, 0.3) is 0 Å². The maximum atomic E-state index is 13.1. The minimum Gasteiger partial charge on any atom is -0.480 e. The van der Waals surface area contributed by atoms with E-state index in [2.05, 4.69) is 0 Å². The van der Waals surface area contributed by atoms with Crippen LogP contribution in [-0.4, -0.2) is 20.5 Å². The third-order valence-electron chi connectivity index (χ3n) is 1.78. The predicted molar refractivity (Wildman–Crippen MR) is 49.9 cm³/mol. The predicted octanol–water partition coefficient (Wildman–Crippen LogP) is 1.55. The molecule has 0 aromatic heterocycles. The summed E-state index contributed by atoms with van der Waals surface area (Å²) in [6, 6.07) is 2.43. The average molecular weight is 234 g/mol. The summed E-state index contributed by atoms with van der Waals surface area (Å²) < 4.78 is 37.3. The van der Waals surface area contributed by atoms with Crippen LogP contribution in [0.1, 0.15) is 6.92 Å². The van der Waals surface area contributed by atoms with Crippen LogP contribution in [-0.2, 0) is 15.6 Å². The highest BCUT2D eigenvalue weighted by atomic mass is 32.2. The van der Waals surface area contributed by atoms with E-state index < -0.39 is 38.5 Å². The number of aliphatic carboxylic acids is 1. The van der Waals surface area contributed by atoms with Crippen molar-refractivity contribution in [2.75, 3.05) is 0 Å². The van der Waals surface area contributed by atoms with Crippen LogP contribution in [0.2, 0.25) is 0 Å². The number of halogens is 2. The highest BCUT2D eigenvalue weighted by molar-refractivity contribution is 7.86. The SMILES string of the molecule is CC(C(=O)O)S(=O)c1cc(F)ccc1F. The van der Waals surface area contributed by atoms with Crippen molar-refractivity contribution in [2.24, 2.45) is 0 Å². The molecule has 0 radical (unpaired) electrons. The number of carboxylic acids is 1. The van der Waals surface area contributed by atoms with Gasteiger partial charge in [0.15, 0.2) is 0 Å². The fraction of sp³-hybridized carbons (Fsp3) is 0.222. The molecule has 0 amide bonds. The summed E-state index contributed by atoms with van der Waals surface area (Å²) in [5.41, 5.74) is 0. The number of carboxylic acid groups (broad SMARTS) is 1. The second-order valence-electron chi connectivity index (χ2n) is 2.85. The largest absolute Gasteiger partial charge is 0.480 e. The Morgan fingerprint density at radius 3 is 2.60 bits per heavy atom. The Balaban J connectivity index is 3.11. The van der Waals surface area contributed by atoms with Crippen LogP contribution in [0.5, 0.6) is 0 Å². The standard InChI is InChI=1S/C9H8F2O3S/c1-5(9(12)13)15(14)8-4-6(10)2-3-7(8)11/h2-5H,1H3,(H,12,13). The number of carbonyl (C=O) groups is 1. The van der Waals surface area contributed by atoms with Crippen LogP contribution >= 0.6 is 0 Å². The summed E-state index contributed by atoms with van der Waals surface area (Å²) in [5, 5.41) is 7.29. The molecule has 1 rings (SSSR count). The fourth-order valence-electron chi connectivity index (χ4n) is 0.913. The Hall–Kier alpha value is -1.30. The number of hydrogen-bond donors (Lipinski definition) is 1. The van der Waals surface area contributed by atoms with Crippen LogP contribution in [0.4, 0.5) is 8.78 Å². The number of rotatable bonds is 3. The van der Waals surface area contributed by atoms with Gasteiger partial charge < -0.3 is 5.11 Å². The van der Waals surface area contributed by atoms with E-state index in [0.29, 0.717) is 0 Å². The van der Waals surface area contributed by atoms with E-state index in [9.17, 15) is 17.8 Å². The molecule has 15 heavy (non-hydrogen) atoms. The first-order chi connectivity index (χ1) is 6.93. The molecular weight excluding hydrogens is 226 g/mol. The first-order valence-electron chi connectivity index (χ1n) is 4.02. The third kappa shape index (κ3) is 2.59. The molecule has 0 aliphatic carbocycles. The van der Waals surface area contributed by atoms with Gasteiger partial charge in [0.1, 0.15) is 16.9 Å². The molecule has 2 unspecified atom stereocenters. The van der Waals surface area contributed by atoms with Gasteiger partial charge in [0, 0.05) is 0 Å². The summed E-state index contributed by atoms with van der Waals surface area (Å²) in [5.74, 6) is -2.95. The van der Waals surface area contributed by atoms with Gasteiger partial charge in [-0.25, -0.2) is 8.78 Å². The van der Waals surface area contributed by atoms with Crippen LogP contribution in [0, 0.1) is 11.6 Å². The lowest BCUT2D eigenvalue weighted by atomic mass is 10.3. The van der Waals surface area contributed by atoms with E-state index >= 15 is 0 Å². The zero-order valence-electron chi connectivity index (χ0n) is 7.74. The summed E-state index contributed by atoms with van der Waals surface area (Å²) in [6.07, 6.45) is 0. The summed E-state index contributed by atoms with van der Waals surface area (Å²) in [7, 11) is -2.09. The van der Waals surface area contributed by atoms with E-state index in [1.807, 2.05) is 0 Å². The fourth-order valence-corrected chi connectivity index (χ4v) is 1.97. The molecule has 82 valence electrons. The average Bonchev–Trinajstić information content (AvgIpc) is 2.19. The lowest BCUT2D eigenvalue weighted by molar-refractivity contribution is -0.136. The lowest BCUT2D eigenvalue weighted by Gasteiger charge is -2.07. The Kier molecular flexibility index (Phi) is 3.52. The second kappa shape index (κ2) is 4.48. The minimum absolute atomic E-state index is 0.426. The summed E-state index contributed by atoms with van der Waals surface area (Å²) in [4.78, 5) is 10.1. The zero-order chi connectivity index (χ0) is 11.6. The molecule has 0 bridgehead atoms. The lowest BCUT2D eigenvalue weighted by Crippen LogP contribution is -2.22. The molecule has 0 aliphatic heterocycles. The normalized spacial score (nSPS) is 14.6. The second-order valence-corrected chi connectivity index (χ2v) is 4.59. The smallest absolute Gasteiger partial charge is 0.319 e. The Morgan fingerprint density at radius 2 is 2.07 bits per heavy atom. The molecule has 2 atom stereocenters.